The fraction of sp³-hybridized carbons (Fsp3) is 0.375. The minimum absolute atomic E-state index is 0.157. The fourth-order valence-corrected chi connectivity index (χ4v) is 4.43. The number of carbonyl (C=O) groups is 1. The van der Waals surface area contributed by atoms with Crippen molar-refractivity contribution in [3.05, 3.63) is 60.0 Å². The molecule has 2 heterocycles. The van der Waals surface area contributed by atoms with E-state index in [1.54, 1.807) is 14.2 Å². The van der Waals surface area contributed by atoms with Crippen LogP contribution in [0.2, 0.25) is 0 Å². The van der Waals surface area contributed by atoms with Gasteiger partial charge in [0.05, 0.1) is 19.6 Å². The van der Waals surface area contributed by atoms with E-state index >= 15 is 0 Å². The molecular formula is C24H25N3O4. The molecule has 1 atom stereocenters. The first kappa shape index (κ1) is 19.6. The minimum atomic E-state index is -0.437. The lowest BCUT2D eigenvalue weighted by Crippen LogP contribution is -2.39. The number of nitrogens with zero attached hydrogens (tertiary/aromatic N) is 3. The summed E-state index contributed by atoms with van der Waals surface area (Å²) in [6, 6.07) is 15.2. The molecule has 5 rings (SSSR count). The standard InChI is InChI=1S/C24H25N3O4/c1-29-18-9-5-16(6-10-18)21-25-22(31-26-21)20-4-3-15-27(20)23(28)24(13-14-24)17-7-11-19(30-2)12-8-17/h5-12,20H,3-4,13-15H2,1-2H3/t20-/m0/s1. The van der Waals surface area contributed by atoms with E-state index in [-0.39, 0.29) is 11.9 Å². The van der Waals surface area contributed by atoms with Crippen molar-refractivity contribution in [3.63, 3.8) is 0 Å². The highest BCUT2D eigenvalue weighted by molar-refractivity contribution is 5.91. The molecule has 2 aromatic carbocycles. The van der Waals surface area contributed by atoms with Gasteiger partial charge in [-0.3, -0.25) is 4.79 Å². The van der Waals surface area contributed by atoms with E-state index < -0.39 is 5.41 Å². The molecule has 0 spiro atoms. The molecule has 0 bridgehead atoms. The summed E-state index contributed by atoms with van der Waals surface area (Å²) in [5.74, 6) is 2.75. The van der Waals surface area contributed by atoms with Crippen molar-refractivity contribution in [2.45, 2.75) is 37.1 Å². The van der Waals surface area contributed by atoms with Gasteiger partial charge in [-0.25, -0.2) is 0 Å². The SMILES string of the molecule is COc1ccc(-c2noc([C@@H]3CCCN3C(=O)C3(c4ccc(OC)cc4)CC3)n2)cc1. The van der Waals surface area contributed by atoms with Crippen molar-refractivity contribution in [1.82, 2.24) is 15.0 Å². The number of rotatable bonds is 6. The highest BCUT2D eigenvalue weighted by atomic mass is 16.5. The Kier molecular flexibility index (Phi) is 4.88. The van der Waals surface area contributed by atoms with Crippen molar-refractivity contribution in [2.75, 3.05) is 20.8 Å². The van der Waals surface area contributed by atoms with Crippen molar-refractivity contribution >= 4 is 5.91 Å². The van der Waals surface area contributed by atoms with Gasteiger partial charge in [-0.15, -0.1) is 0 Å². The lowest BCUT2D eigenvalue weighted by atomic mass is 9.94. The average molecular weight is 419 g/mol. The summed E-state index contributed by atoms with van der Waals surface area (Å²) in [5, 5.41) is 4.16. The molecule has 160 valence electrons. The van der Waals surface area contributed by atoms with Gasteiger partial charge in [-0.05, 0) is 67.6 Å². The van der Waals surface area contributed by atoms with Gasteiger partial charge in [-0.1, -0.05) is 17.3 Å². The number of carbonyl (C=O) groups excluding carboxylic acids is 1. The lowest BCUT2D eigenvalue weighted by Gasteiger charge is -2.27. The van der Waals surface area contributed by atoms with Crippen molar-refractivity contribution < 1.29 is 18.8 Å². The van der Waals surface area contributed by atoms with E-state index in [4.69, 9.17) is 14.0 Å². The molecule has 1 amide bonds. The second-order valence-electron chi connectivity index (χ2n) is 8.15. The van der Waals surface area contributed by atoms with E-state index in [0.29, 0.717) is 18.3 Å². The van der Waals surface area contributed by atoms with Gasteiger partial charge in [0.1, 0.15) is 17.5 Å². The van der Waals surface area contributed by atoms with Gasteiger partial charge in [-0.2, -0.15) is 4.98 Å². The number of aromatic nitrogens is 2. The molecule has 7 heteroatoms. The Morgan fingerprint density at radius 2 is 1.68 bits per heavy atom. The maximum atomic E-state index is 13.6. The van der Waals surface area contributed by atoms with E-state index in [2.05, 4.69) is 10.1 Å². The van der Waals surface area contributed by atoms with Gasteiger partial charge in [0.25, 0.3) is 0 Å². The molecule has 1 aliphatic heterocycles. The molecule has 3 aromatic rings. The summed E-state index contributed by atoms with van der Waals surface area (Å²) in [7, 11) is 3.28. The third-order valence-corrected chi connectivity index (χ3v) is 6.39. The smallest absolute Gasteiger partial charge is 0.249 e. The van der Waals surface area contributed by atoms with E-state index in [0.717, 1.165) is 48.3 Å². The van der Waals surface area contributed by atoms with Crippen molar-refractivity contribution in [1.29, 1.82) is 0 Å². The molecule has 7 nitrogen and oxygen atoms in total. The Morgan fingerprint density at radius 1 is 1.03 bits per heavy atom. The van der Waals surface area contributed by atoms with Crippen LogP contribution in [-0.2, 0) is 10.2 Å². The van der Waals surface area contributed by atoms with Crippen LogP contribution in [0.4, 0.5) is 0 Å². The van der Waals surface area contributed by atoms with Crippen LogP contribution in [0.15, 0.2) is 53.1 Å². The first-order chi connectivity index (χ1) is 15.1. The highest BCUT2D eigenvalue weighted by Crippen LogP contribution is 2.51. The summed E-state index contributed by atoms with van der Waals surface area (Å²) < 4.78 is 16.1. The maximum absolute atomic E-state index is 13.6. The van der Waals surface area contributed by atoms with E-state index in [1.165, 1.54) is 0 Å². The van der Waals surface area contributed by atoms with Gasteiger partial charge >= 0.3 is 0 Å². The summed E-state index contributed by atoms with van der Waals surface area (Å²) in [4.78, 5) is 20.2. The van der Waals surface area contributed by atoms with Crippen LogP contribution in [0.1, 0.15) is 43.2 Å². The van der Waals surface area contributed by atoms with Crippen LogP contribution in [0.3, 0.4) is 0 Å². The van der Waals surface area contributed by atoms with Gasteiger partial charge in [0.15, 0.2) is 0 Å². The van der Waals surface area contributed by atoms with Crippen LogP contribution < -0.4 is 9.47 Å². The molecule has 1 aromatic heterocycles. The molecule has 1 aliphatic carbocycles. The average Bonchev–Trinajstić information content (AvgIpc) is 3.24. The van der Waals surface area contributed by atoms with Crippen LogP contribution in [0, 0.1) is 0 Å². The Labute approximate surface area is 181 Å². The third kappa shape index (κ3) is 3.44. The summed E-state index contributed by atoms with van der Waals surface area (Å²) in [5.41, 5.74) is 1.46. The summed E-state index contributed by atoms with van der Waals surface area (Å²) in [6.45, 7) is 0.710. The van der Waals surface area contributed by atoms with Gasteiger partial charge in [0, 0.05) is 12.1 Å². The van der Waals surface area contributed by atoms with Crippen molar-refractivity contribution in [2.24, 2.45) is 0 Å². The number of amides is 1. The number of hydrogen-bond acceptors (Lipinski definition) is 6. The Hall–Kier alpha value is -3.35. The predicted octanol–water partition coefficient (Wildman–Crippen LogP) is 4.15. The second kappa shape index (κ2) is 7.72. The van der Waals surface area contributed by atoms with Gasteiger partial charge < -0.3 is 18.9 Å². The summed E-state index contributed by atoms with van der Waals surface area (Å²) in [6.07, 6.45) is 3.48. The van der Waals surface area contributed by atoms with E-state index in [9.17, 15) is 4.79 Å². The van der Waals surface area contributed by atoms with Gasteiger partial charge in [0.2, 0.25) is 17.6 Å². The Bertz CT molecular complexity index is 1070. The number of likely N-dealkylation sites (tertiary alicyclic amines) is 1. The second-order valence-corrected chi connectivity index (χ2v) is 8.15. The molecule has 2 aliphatic rings. The highest BCUT2D eigenvalue weighted by Gasteiger charge is 2.55. The molecule has 31 heavy (non-hydrogen) atoms. The number of methoxy groups -OCH3 is 2. The zero-order chi connectivity index (χ0) is 21.4. The minimum Gasteiger partial charge on any atom is -0.497 e. The first-order valence-electron chi connectivity index (χ1n) is 10.6. The largest absolute Gasteiger partial charge is 0.497 e. The number of hydrogen-bond donors (Lipinski definition) is 0. The number of benzene rings is 2. The maximum Gasteiger partial charge on any atom is 0.249 e. The Balaban J connectivity index is 1.37. The fourth-order valence-electron chi connectivity index (χ4n) is 4.43. The number of ether oxygens (including phenoxy) is 2. The molecule has 1 saturated heterocycles. The first-order valence-corrected chi connectivity index (χ1v) is 10.6. The molecule has 2 fully saturated rings. The predicted molar refractivity (Wildman–Crippen MR) is 114 cm³/mol. The van der Waals surface area contributed by atoms with E-state index in [1.807, 2.05) is 53.4 Å². The van der Waals surface area contributed by atoms with Crippen LogP contribution >= 0.6 is 0 Å². The normalized spacial score (nSPS) is 19.3. The summed E-state index contributed by atoms with van der Waals surface area (Å²) >= 11 is 0. The quantitative estimate of drug-likeness (QED) is 0.597. The zero-order valence-corrected chi connectivity index (χ0v) is 17.7. The third-order valence-electron chi connectivity index (χ3n) is 6.39. The molecular weight excluding hydrogens is 394 g/mol. The lowest BCUT2D eigenvalue weighted by molar-refractivity contribution is -0.135. The monoisotopic (exact) mass is 419 g/mol. The molecule has 0 unspecified atom stereocenters. The topological polar surface area (TPSA) is 77.7 Å². The molecule has 0 radical (unpaired) electrons. The van der Waals surface area contributed by atoms with Crippen LogP contribution in [0.25, 0.3) is 11.4 Å². The van der Waals surface area contributed by atoms with Crippen LogP contribution in [0.5, 0.6) is 11.5 Å². The Morgan fingerprint density at radius 3 is 2.29 bits per heavy atom. The van der Waals surface area contributed by atoms with Crippen LogP contribution in [-0.4, -0.2) is 41.7 Å². The molecule has 0 N–H and O–H groups in total. The van der Waals surface area contributed by atoms with Crippen molar-refractivity contribution in [3.8, 4) is 22.9 Å². The zero-order valence-electron chi connectivity index (χ0n) is 17.7. The molecule has 1 saturated carbocycles.